The summed E-state index contributed by atoms with van der Waals surface area (Å²) in [5.74, 6) is -0.843. The van der Waals surface area contributed by atoms with Crippen molar-refractivity contribution < 1.29 is 28.2 Å². The second-order valence-corrected chi connectivity index (χ2v) is 4.71. The van der Waals surface area contributed by atoms with Crippen LogP contribution in [-0.4, -0.2) is 48.9 Å². The molecule has 21 heavy (non-hydrogen) atoms. The summed E-state index contributed by atoms with van der Waals surface area (Å²) in [7, 11) is 0. The van der Waals surface area contributed by atoms with Crippen LogP contribution in [0.3, 0.4) is 0 Å². The molecule has 2 rings (SSSR count). The first-order valence-corrected chi connectivity index (χ1v) is 6.64. The Labute approximate surface area is 121 Å². The van der Waals surface area contributed by atoms with Crippen molar-refractivity contribution in [3.05, 3.63) is 29.8 Å². The van der Waals surface area contributed by atoms with Gasteiger partial charge in [-0.25, -0.2) is 0 Å². The monoisotopic (exact) mass is 301 g/mol. The maximum absolute atomic E-state index is 12.1. The summed E-state index contributed by atoms with van der Waals surface area (Å²) in [4.78, 5) is 13.1. The van der Waals surface area contributed by atoms with Gasteiger partial charge >= 0.3 is 12.6 Å². The zero-order valence-electron chi connectivity index (χ0n) is 11.4. The molecule has 0 saturated carbocycles. The summed E-state index contributed by atoms with van der Waals surface area (Å²) < 4.78 is 33.8. The third-order valence-corrected chi connectivity index (χ3v) is 3.34. The van der Waals surface area contributed by atoms with E-state index < -0.39 is 12.6 Å². The van der Waals surface area contributed by atoms with Crippen LogP contribution in [0.15, 0.2) is 24.3 Å². The van der Waals surface area contributed by atoms with Crippen molar-refractivity contribution in [3.63, 3.8) is 0 Å². The van der Waals surface area contributed by atoms with E-state index in [2.05, 4.69) is 4.74 Å². The first-order valence-electron chi connectivity index (χ1n) is 6.64. The molecule has 0 radical (unpaired) electrons. The molecule has 1 aliphatic heterocycles. The molecule has 116 valence electrons. The van der Waals surface area contributed by atoms with Crippen LogP contribution in [0.25, 0.3) is 0 Å². The lowest BCUT2D eigenvalue weighted by Crippen LogP contribution is -2.39. The predicted molar refractivity (Wildman–Crippen MR) is 70.5 cm³/mol. The van der Waals surface area contributed by atoms with Crippen molar-refractivity contribution in [2.75, 3.05) is 26.3 Å². The van der Waals surface area contributed by atoms with Gasteiger partial charge in [0.25, 0.3) is 0 Å². The van der Waals surface area contributed by atoms with Crippen molar-refractivity contribution in [2.45, 2.75) is 19.1 Å². The summed E-state index contributed by atoms with van der Waals surface area (Å²) >= 11 is 0. The molecule has 1 unspecified atom stereocenters. The number of morpholine rings is 1. The zero-order valence-corrected chi connectivity index (χ0v) is 11.4. The highest BCUT2D eigenvalue weighted by molar-refractivity contribution is 5.68. The number of halogens is 2. The van der Waals surface area contributed by atoms with E-state index in [0.717, 1.165) is 5.56 Å². The molecule has 7 heteroatoms. The number of alkyl halides is 2. The van der Waals surface area contributed by atoms with Gasteiger partial charge < -0.3 is 14.6 Å². The standard InChI is InChI=1S/C14H17F2NO4/c15-14(16)21-11-3-1-10(2-4-11)12(9-13(18)19)17-5-7-20-8-6-17/h1-4,12,14H,5-9H2,(H,18,19). The number of benzene rings is 1. The molecule has 1 saturated heterocycles. The van der Waals surface area contributed by atoms with E-state index in [0.29, 0.717) is 26.3 Å². The van der Waals surface area contributed by atoms with Gasteiger partial charge in [-0.3, -0.25) is 9.69 Å². The smallest absolute Gasteiger partial charge is 0.387 e. The van der Waals surface area contributed by atoms with E-state index in [1.165, 1.54) is 12.1 Å². The molecule has 1 atom stereocenters. The number of carbonyl (C=O) groups is 1. The van der Waals surface area contributed by atoms with Gasteiger partial charge in [0.1, 0.15) is 5.75 Å². The first kappa shape index (κ1) is 15.7. The van der Waals surface area contributed by atoms with Gasteiger partial charge in [-0.15, -0.1) is 0 Å². The highest BCUT2D eigenvalue weighted by atomic mass is 19.3. The summed E-state index contributed by atoms with van der Waals surface area (Å²) in [6, 6.07) is 5.81. The largest absolute Gasteiger partial charge is 0.481 e. The Morgan fingerprint density at radius 3 is 2.43 bits per heavy atom. The Kier molecular flexibility index (Phi) is 5.46. The van der Waals surface area contributed by atoms with Gasteiger partial charge in [0.2, 0.25) is 0 Å². The third kappa shape index (κ3) is 4.64. The highest BCUT2D eigenvalue weighted by Gasteiger charge is 2.25. The lowest BCUT2D eigenvalue weighted by molar-refractivity contribution is -0.139. The number of ether oxygens (including phenoxy) is 2. The van der Waals surface area contributed by atoms with Crippen molar-refractivity contribution in [1.29, 1.82) is 0 Å². The van der Waals surface area contributed by atoms with E-state index in [4.69, 9.17) is 9.84 Å². The Bertz CT molecular complexity index is 461. The summed E-state index contributed by atoms with van der Waals surface area (Å²) in [5.41, 5.74) is 0.765. The zero-order chi connectivity index (χ0) is 15.2. The number of aliphatic carboxylic acids is 1. The van der Waals surface area contributed by atoms with Crippen LogP contribution >= 0.6 is 0 Å². The molecular weight excluding hydrogens is 284 g/mol. The SMILES string of the molecule is O=C(O)CC(c1ccc(OC(F)F)cc1)N1CCOCC1. The van der Waals surface area contributed by atoms with Crippen LogP contribution in [0.1, 0.15) is 18.0 Å². The lowest BCUT2D eigenvalue weighted by atomic mass is 10.0. The molecule has 0 bridgehead atoms. The van der Waals surface area contributed by atoms with E-state index in [9.17, 15) is 13.6 Å². The normalized spacial score (nSPS) is 17.7. The van der Waals surface area contributed by atoms with Gasteiger partial charge in [-0.05, 0) is 17.7 Å². The number of carboxylic acid groups (broad SMARTS) is 1. The molecule has 1 N–H and O–H groups in total. The number of carboxylic acids is 1. The number of hydrogen-bond acceptors (Lipinski definition) is 4. The summed E-state index contributed by atoms with van der Waals surface area (Å²) in [5, 5.41) is 9.07. The van der Waals surface area contributed by atoms with Crippen LogP contribution in [-0.2, 0) is 9.53 Å². The molecule has 1 aromatic rings. The quantitative estimate of drug-likeness (QED) is 0.872. The highest BCUT2D eigenvalue weighted by Crippen LogP contribution is 2.27. The minimum atomic E-state index is -2.87. The molecule has 1 aromatic carbocycles. The van der Waals surface area contributed by atoms with Crippen LogP contribution < -0.4 is 4.74 Å². The lowest BCUT2D eigenvalue weighted by Gasteiger charge is -2.34. The molecular formula is C14H17F2NO4. The Hall–Kier alpha value is -1.73. The fourth-order valence-electron chi connectivity index (χ4n) is 2.38. The molecule has 0 amide bonds. The van der Waals surface area contributed by atoms with Crippen molar-refractivity contribution in [2.24, 2.45) is 0 Å². The minimum absolute atomic E-state index is 0.0466. The van der Waals surface area contributed by atoms with Crippen LogP contribution in [0.5, 0.6) is 5.75 Å². The van der Waals surface area contributed by atoms with Crippen molar-refractivity contribution in [1.82, 2.24) is 4.90 Å². The van der Waals surface area contributed by atoms with E-state index in [1.807, 2.05) is 4.90 Å². The first-order chi connectivity index (χ1) is 10.1. The Morgan fingerprint density at radius 2 is 1.90 bits per heavy atom. The molecule has 5 nitrogen and oxygen atoms in total. The van der Waals surface area contributed by atoms with Crippen LogP contribution in [0.4, 0.5) is 8.78 Å². The molecule has 0 aromatic heterocycles. The van der Waals surface area contributed by atoms with Gasteiger partial charge in [0.15, 0.2) is 0 Å². The molecule has 1 fully saturated rings. The van der Waals surface area contributed by atoms with Crippen LogP contribution in [0.2, 0.25) is 0 Å². The molecule has 1 heterocycles. The average molecular weight is 301 g/mol. The van der Waals surface area contributed by atoms with E-state index in [-0.39, 0.29) is 18.2 Å². The topological polar surface area (TPSA) is 59.0 Å². The van der Waals surface area contributed by atoms with Gasteiger partial charge in [-0.2, -0.15) is 8.78 Å². The fourth-order valence-corrected chi connectivity index (χ4v) is 2.38. The third-order valence-electron chi connectivity index (χ3n) is 3.34. The van der Waals surface area contributed by atoms with Gasteiger partial charge in [0.05, 0.1) is 19.6 Å². The maximum Gasteiger partial charge on any atom is 0.387 e. The summed E-state index contributed by atoms with van der Waals surface area (Å²) in [6.07, 6.45) is -0.0466. The molecule has 0 aliphatic carbocycles. The Morgan fingerprint density at radius 1 is 1.29 bits per heavy atom. The van der Waals surface area contributed by atoms with E-state index >= 15 is 0 Å². The number of nitrogens with zero attached hydrogens (tertiary/aromatic N) is 1. The maximum atomic E-state index is 12.1. The molecule has 0 spiro atoms. The Balaban J connectivity index is 2.13. The minimum Gasteiger partial charge on any atom is -0.481 e. The van der Waals surface area contributed by atoms with Gasteiger partial charge in [-0.1, -0.05) is 12.1 Å². The van der Waals surface area contributed by atoms with Crippen molar-refractivity contribution >= 4 is 5.97 Å². The fraction of sp³-hybridized carbons (Fsp3) is 0.500. The number of hydrogen-bond donors (Lipinski definition) is 1. The summed E-state index contributed by atoms with van der Waals surface area (Å²) in [6.45, 7) is -0.462. The second-order valence-electron chi connectivity index (χ2n) is 4.71. The molecule has 1 aliphatic rings. The van der Waals surface area contributed by atoms with Crippen LogP contribution in [0, 0.1) is 0 Å². The van der Waals surface area contributed by atoms with E-state index in [1.54, 1.807) is 12.1 Å². The predicted octanol–water partition coefficient (Wildman–Crippen LogP) is 2.14. The second kappa shape index (κ2) is 7.33. The van der Waals surface area contributed by atoms with Crippen molar-refractivity contribution in [3.8, 4) is 5.75 Å². The van der Waals surface area contributed by atoms with Gasteiger partial charge in [0, 0.05) is 19.1 Å². The number of rotatable bonds is 6. The average Bonchev–Trinajstić information content (AvgIpc) is 2.46.